The summed E-state index contributed by atoms with van der Waals surface area (Å²) in [5.74, 6) is 1.14. The Bertz CT molecular complexity index is 758. The molecule has 1 aromatic carbocycles. The summed E-state index contributed by atoms with van der Waals surface area (Å²) in [5.41, 5.74) is 1.52. The van der Waals surface area contributed by atoms with Gasteiger partial charge in [0.15, 0.2) is 5.96 Å². The number of rotatable bonds is 7. The molecule has 2 rings (SSSR count). The minimum absolute atomic E-state index is 0. The van der Waals surface area contributed by atoms with Gasteiger partial charge in [0.2, 0.25) is 0 Å². The molecule has 0 unspecified atom stereocenters. The van der Waals surface area contributed by atoms with E-state index in [0.717, 1.165) is 10.7 Å². The molecular weight excluding hydrogens is 489 g/mol. The maximum absolute atomic E-state index is 12.7. The van der Waals surface area contributed by atoms with E-state index < -0.39 is 6.61 Å². The van der Waals surface area contributed by atoms with E-state index >= 15 is 0 Å². The zero-order valence-electron chi connectivity index (χ0n) is 15.5. The van der Waals surface area contributed by atoms with E-state index in [4.69, 9.17) is 4.74 Å². The fourth-order valence-electron chi connectivity index (χ4n) is 2.37. The molecule has 0 radical (unpaired) electrons. The van der Waals surface area contributed by atoms with E-state index in [0.29, 0.717) is 23.8 Å². The summed E-state index contributed by atoms with van der Waals surface area (Å²) < 4.78 is 35.0. The smallest absolute Gasteiger partial charge is 0.387 e. The molecule has 1 aromatic heterocycles. The van der Waals surface area contributed by atoms with Gasteiger partial charge in [0, 0.05) is 37.6 Å². The largest absolute Gasteiger partial charge is 0.497 e. The number of thiazole rings is 1. The minimum atomic E-state index is -2.91. The molecule has 27 heavy (non-hydrogen) atoms. The average Bonchev–Trinajstić information content (AvgIpc) is 3.00. The van der Waals surface area contributed by atoms with Crippen LogP contribution < -0.4 is 14.8 Å². The lowest BCUT2D eigenvalue weighted by Gasteiger charge is -2.22. The highest BCUT2D eigenvalue weighted by Crippen LogP contribution is 2.26. The highest BCUT2D eigenvalue weighted by Gasteiger charge is 2.13. The zero-order valence-corrected chi connectivity index (χ0v) is 18.7. The molecule has 0 spiro atoms. The van der Waals surface area contributed by atoms with E-state index in [1.165, 1.54) is 13.2 Å². The Morgan fingerprint density at radius 3 is 2.70 bits per heavy atom. The number of nitrogens with zero attached hydrogens (tertiary/aromatic N) is 3. The quantitative estimate of drug-likeness (QED) is 0.347. The second-order valence-corrected chi connectivity index (χ2v) is 6.53. The predicted octanol–water partition coefficient (Wildman–Crippen LogP) is 3.89. The van der Waals surface area contributed by atoms with Crippen LogP contribution in [0.2, 0.25) is 0 Å². The van der Waals surface area contributed by atoms with Crippen molar-refractivity contribution in [2.24, 2.45) is 4.99 Å². The summed E-state index contributed by atoms with van der Waals surface area (Å²) in [5, 5.41) is 6.15. The molecule has 0 saturated carbocycles. The van der Waals surface area contributed by atoms with Crippen LogP contribution in [0.1, 0.15) is 16.3 Å². The number of guanidine groups is 1. The topological polar surface area (TPSA) is 59.0 Å². The molecule has 2 aromatic rings. The number of aromatic nitrogens is 1. The van der Waals surface area contributed by atoms with Gasteiger partial charge in [-0.15, -0.1) is 35.3 Å². The van der Waals surface area contributed by atoms with Crippen molar-refractivity contribution in [3.05, 3.63) is 39.8 Å². The number of aliphatic imine (C=N–C) groups is 1. The van der Waals surface area contributed by atoms with Crippen LogP contribution in [0.15, 0.2) is 28.6 Å². The lowest BCUT2D eigenvalue weighted by atomic mass is 10.2. The number of halogens is 3. The molecule has 0 bridgehead atoms. The van der Waals surface area contributed by atoms with Crippen molar-refractivity contribution in [1.29, 1.82) is 0 Å². The first-order chi connectivity index (χ1) is 12.4. The maximum atomic E-state index is 12.7. The first-order valence-electron chi connectivity index (χ1n) is 7.87. The minimum Gasteiger partial charge on any atom is -0.497 e. The fraction of sp³-hybridized carbons (Fsp3) is 0.412. The van der Waals surface area contributed by atoms with Crippen molar-refractivity contribution in [1.82, 2.24) is 15.2 Å². The maximum Gasteiger partial charge on any atom is 0.387 e. The van der Waals surface area contributed by atoms with Crippen molar-refractivity contribution in [2.45, 2.75) is 26.6 Å². The summed E-state index contributed by atoms with van der Waals surface area (Å²) in [6.45, 7) is -0.0857. The SMILES string of the molecule is CN=C(NCc1ccc(OC)cc1OC(F)F)N(C)Cc1csc(C)n1.I. The van der Waals surface area contributed by atoms with Gasteiger partial charge in [-0.25, -0.2) is 4.98 Å². The van der Waals surface area contributed by atoms with Crippen molar-refractivity contribution in [2.75, 3.05) is 21.2 Å². The molecule has 6 nitrogen and oxygen atoms in total. The molecule has 1 N–H and O–H groups in total. The van der Waals surface area contributed by atoms with Crippen molar-refractivity contribution in [3.8, 4) is 11.5 Å². The van der Waals surface area contributed by atoms with Crippen LogP contribution in [-0.4, -0.2) is 43.7 Å². The number of hydrogen-bond donors (Lipinski definition) is 1. The van der Waals surface area contributed by atoms with Gasteiger partial charge in [-0.05, 0) is 19.1 Å². The molecule has 1 heterocycles. The van der Waals surface area contributed by atoms with Crippen LogP contribution in [0, 0.1) is 6.92 Å². The molecule has 0 aliphatic heterocycles. The molecule has 0 atom stereocenters. The number of ether oxygens (including phenoxy) is 2. The summed E-state index contributed by atoms with van der Waals surface area (Å²) in [6.07, 6.45) is 0. The highest BCUT2D eigenvalue weighted by molar-refractivity contribution is 14.0. The second-order valence-electron chi connectivity index (χ2n) is 5.47. The van der Waals surface area contributed by atoms with E-state index in [2.05, 4.69) is 20.0 Å². The molecule has 0 fully saturated rings. The lowest BCUT2D eigenvalue weighted by molar-refractivity contribution is -0.0505. The molecular formula is C17H23F2IN4O2S. The Kier molecular flexibility index (Phi) is 9.70. The molecule has 10 heteroatoms. The number of methoxy groups -OCH3 is 1. The normalized spacial score (nSPS) is 11.1. The summed E-state index contributed by atoms with van der Waals surface area (Å²) >= 11 is 1.59. The van der Waals surface area contributed by atoms with Gasteiger partial charge in [-0.3, -0.25) is 4.99 Å². The fourth-order valence-corrected chi connectivity index (χ4v) is 2.98. The first-order valence-corrected chi connectivity index (χ1v) is 8.75. The van der Waals surface area contributed by atoms with Gasteiger partial charge in [-0.1, -0.05) is 0 Å². The second kappa shape index (κ2) is 11.2. The van der Waals surface area contributed by atoms with Gasteiger partial charge in [-0.2, -0.15) is 8.78 Å². The molecule has 0 aliphatic rings. The van der Waals surface area contributed by atoms with Crippen LogP contribution in [0.3, 0.4) is 0 Å². The zero-order chi connectivity index (χ0) is 19.1. The van der Waals surface area contributed by atoms with Crippen LogP contribution in [0.25, 0.3) is 0 Å². The van der Waals surface area contributed by atoms with Crippen molar-refractivity contribution in [3.63, 3.8) is 0 Å². The third-order valence-electron chi connectivity index (χ3n) is 3.57. The summed E-state index contributed by atoms with van der Waals surface area (Å²) in [4.78, 5) is 10.6. The first kappa shape index (κ1) is 23.3. The van der Waals surface area contributed by atoms with E-state index in [1.54, 1.807) is 30.5 Å². The van der Waals surface area contributed by atoms with Crippen LogP contribution in [0.4, 0.5) is 8.78 Å². The van der Waals surface area contributed by atoms with E-state index in [-0.39, 0.29) is 36.3 Å². The van der Waals surface area contributed by atoms with E-state index in [1.807, 2.05) is 24.3 Å². The van der Waals surface area contributed by atoms with Gasteiger partial charge in [0.1, 0.15) is 11.5 Å². The van der Waals surface area contributed by atoms with Crippen LogP contribution in [-0.2, 0) is 13.1 Å². The third-order valence-corrected chi connectivity index (χ3v) is 4.39. The number of hydrogen-bond acceptors (Lipinski definition) is 5. The van der Waals surface area contributed by atoms with Crippen LogP contribution >= 0.6 is 35.3 Å². The van der Waals surface area contributed by atoms with Gasteiger partial charge in [0.25, 0.3) is 0 Å². The number of aryl methyl sites for hydroxylation is 1. The number of nitrogens with one attached hydrogen (secondary N) is 1. The molecule has 0 aliphatic carbocycles. The highest BCUT2D eigenvalue weighted by atomic mass is 127. The van der Waals surface area contributed by atoms with Crippen molar-refractivity contribution < 1.29 is 18.3 Å². The Hall–Kier alpha value is -1.69. The predicted molar refractivity (Wildman–Crippen MR) is 114 cm³/mol. The lowest BCUT2D eigenvalue weighted by Crippen LogP contribution is -2.38. The Morgan fingerprint density at radius 1 is 1.41 bits per heavy atom. The summed E-state index contributed by atoms with van der Waals surface area (Å²) in [6, 6.07) is 4.81. The van der Waals surface area contributed by atoms with Crippen molar-refractivity contribution >= 4 is 41.3 Å². The Balaban J connectivity index is 0.00000364. The third kappa shape index (κ3) is 7.09. The number of alkyl halides is 2. The summed E-state index contributed by atoms with van der Waals surface area (Å²) in [7, 11) is 5.01. The molecule has 150 valence electrons. The Morgan fingerprint density at radius 2 is 2.15 bits per heavy atom. The standard InChI is InChI=1S/C17H22F2N4O2S.HI/c1-11-22-13(10-26-11)9-23(3)17(20-2)21-8-12-5-6-14(24-4)7-15(12)25-16(18)19;/h5-7,10,16H,8-9H2,1-4H3,(H,20,21);1H. The van der Waals surface area contributed by atoms with Crippen LogP contribution in [0.5, 0.6) is 11.5 Å². The van der Waals surface area contributed by atoms with Gasteiger partial charge in [0.05, 0.1) is 24.4 Å². The Labute approximate surface area is 178 Å². The monoisotopic (exact) mass is 512 g/mol. The molecule has 0 saturated heterocycles. The van der Waals surface area contributed by atoms with Gasteiger partial charge < -0.3 is 19.7 Å². The average molecular weight is 512 g/mol. The molecule has 0 amide bonds. The van der Waals surface area contributed by atoms with E-state index in [9.17, 15) is 8.78 Å². The van der Waals surface area contributed by atoms with Gasteiger partial charge >= 0.3 is 6.61 Å². The number of benzene rings is 1.